The Morgan fingerprint density at radius 1 is 0.739 bits per heavy atom. The summed E-state index contributed by atoms with van der Waals surface area (Å²) in [5, 5.41) is -1.97. The molecule has 0 aromatic heterocycles. The lowest BCUT2D eigenvalue weighted by molar-refractivity contribution is -0.135. The molecular formula is C16H12Cl2O4S. The first kappa shape index (κ1) is 17.7. The molecule has 0 heterocycles. The molecule has 23 heavy (non-hydrogen) atoms. The second-order valence-corrected chi connectivity index (χ2v) is 5.76. The van der Waals surface area contributed by atoms with Crippen LogP contribution in [-0.2, 0) is 18.0 Å². The minimum Gasteiger partial charge on any atom is -0.353 e. The van der Waals surface area contributed by atoms with Gasteiger partial charge in [0, 0.05) is 0 Å². The quantitative estimate of drug-likeness (QED) is 0.549. The van der Waals surface area contributed by atoms with Crippen LogP contribution in [0.2, 0.25) is 0 Å². The van der Waals surface area contributed by atoms with Gasteiger partial charge in [0.15, 0.2) is 10.8 Å². The Balaban J connectivity index is 1.80. The Bertz CT molecular complexity index is 594. The molecular weight excluding hydrogens is 359 g/mol. The van der Waals surface area contributed by atoms with Crippen molar-refractivity contribution in [3.63, 3.8) is 0 Å². The molecule has 0 N–H and O–H groups in total. The SMILES string of the molecule is O=C(OSOC(=O)[C@@H](Cl)c1ccccc1)[C@@H](Cl)c1ccccc1. The summed E-state index contributed by atoms with van der Waals surface area (Å²) in [6, 6.07) is 17.4. The zero-order valence-electron chi connectivity index (χ0n) is 11.7. The van der Waals surface area contributed by atoms with Crippen molar-refractivity contribution in [1.82, 2.24) is 0 Å². The maximum absolute atomic E-state index is 11.8. The summed E-state index contributed by atoms with van der Waals surface area (Å²) < 4.78 is 9.52. The van der Waals surface area contributed by atoms with Gasteiger partial charge in [0.1, 0.15) is 0 Å². The third-order valence-corrected chi connectivity index (χ3v) is 4.16. The Morgan fingerprint density at radius 3 is 1.43 bits per heavy atom. The lowest BCUT2D eigenvalue weighted by Crippen LogP contribution is -2.11. The first-order valence-electron chi connectivity index (χ1n) is 6.56. The van der Waals surface area contributed by atoms with Gasteiger partial charge >= 0.3 is 11.9 Å². The molecule has 0 saturated carbocycles. The van der Waals surface area contributed by atoms with Crippen LogP contribution in [0.15, 0.2) is 60.7 Å². The summed E-state index contributed by atoms with van der Waals surface area (Å²) >= 11 is 12.2. The second kappa shape index (κ2) is 8.82. The molecule has 0 fully saturated rings. The van der Waals surface area contributed by atoms with E-state index in [0.717, 1.165) is 0 Å². The second-order valence-electron chi connectivity index (χ2n) is 4.42. The van der Waals surface area contributed by atoms with Gasteiger partial charge in [-0.2, -0.15) is 0 Å². The summed E-state index contributed by atoms with van der Waals surface area (Å²) in [7, 11) is 0. The van der Waals surface area contributed by atoms with E-state index in [1.165, 1.54) is 0 Å². The van der Waals surface area contributed by atoms with Crippen LogP contribution in [0, 0.1) is 0 Å². The van der Waals surface area contributed by atoms with Crippen LogP contribution < -0.4 is 0 Å². The topological polar surface area (TPSA) is 52.6 Å². The van der Waals surface area contributed by atoms with Crippen LogP contribution in [0.4, 0.5) is 0 Å². The van der Waals surface area contributed by atoms with Gasteiger partial charge in [-0.25, -0.2) is 9.59 Å². The van der Waals surface area contributed by atoms with Gasteiger partial charge < -0.3 is 8.37 Å². The standard InChI is InChI=1S/C16H12Cl2O4S/c17-13(11-7-3-1-4-8-11)15(19)21-23-22-16(20)14(18)12-9-5-2-6-10-12/h1-10,13-14H/t13-,14-/m0/s1. The predicted octanol–water partition coefficient (Wildman–Crippen LogP) is 4.60. The van der Waals surface area contributed by atoms with Crippen molar-refractivity contribution >= 4 is 47.5 Å². The van der Waals surface area contributed by atoms with Crippen molar-refractivity contribution in [2.24, 2.45) is 0 Å². The number of hydrogen-bond acceptors (Lipinski definition) is 5. The van der Waals surface area contributed by atoms with Crippen molar-refractivity contribution in [2.75, 3.05) is 0 Å². The average Bonchev–Trinajstić information content (AvgIpc) is 2.61. The minimum absolute atomic E-state index is 0.247. The fourth-order valence-corrected chi connectivity index (χ4v) is 2.53. The predicted molar refractivity (Wildman–Crippen MR) is 89.8 cm³/mol. The van der Waals surface area contributed by atoms with E-state index < -0.39 is 22.7 Å². The van der Waals surface area contributed by atoms with Gasteiger partial charge in [0.05, 0.1) is 0 Å². The van der Waals surface area contributed by atoms with Gasteiger partial charge in [-0.3, -0.25) is 0 Å². The number of carbonyl (C=O) groups excluding carboxylic acids is 2. The van der Waals surface area contributed by atoms with Crippen LogP contribution in [0.1, 0.15) is 21.9 Å². The monoisotopic (exact) mass is 370 g/mol. The van der Waals surface area contributed by atoms with Crippen molar-refractivity contribution in [3.05, 3.63) is 71.8 Å². The molecule has 0 amide bonds. The van der Waals surface area contributed by atoms with Crippen LogP contribution in [-0.4, -0.2) is 11.9 Å². The smallest absolute Gasteiger partial charge is 0.343 e. The maximum Gasteiger partial charge on any atom is 0.343 e. The summed E-state index contributed by atoms with van der Waals surface area (Å²) in [6.45, 7) is 0. The molecule has 0 aliphatic carbocycles. The molecule has 0 aliphatic rings. The first-order chi connectivity index (χ1) is 11.1. The highest BCUT2D eigenvalue weighted by atomic mass is 35.5. The van der Waals surface area contributed by atoms with E-state index in [4.69, 9.17) is 31.6 Å². The molecule has 0 saturated heterocycles. The third kappa shape index (κ3) is 5.16. The molecule has 0 spiro atoms. The number of benzene rings is 2. The van der Waals surface area contributed by atoms with Crippen molar-refractivity contribution in [3.8, 4) is 0 Å². The molecule has 2 atom stereocenters. The summed E-state index contributed by atoms with van der Waals surface area (Å²) in [4.78, 5) is 23.5. The van der Waals surface area contributed by atoms with Gasteiger partial charge in [0.25, 0.3) is 12.3 Å². The number of carbonyl (C=O) groups is 2. The fraction of sp³-hybridized carbons (Fsp3) is 0.125. The average molecular weight is 371 g/mol. The summed E-state index contributed by atoms with van der Waals surface area (Å²) in [5.74, 6) is -1.47. The molecule has 2 aromatic carbocycles. The van der Waals surface area contributed by atoms with E-state index in [9.17, 15) is 9.59 Å². The van der Waals surface area contributed by atoms with E-state index in [-0.39, 0.29) is 12.3 Å². The largest absolute Gasteiger partial charge is 0.353 e. The molecule has 0 aliphatic heterocycles. The van der Waals surface area contributed by atoms with Crippen LogP contribution >= 0.6 is 35.5 Å². The van der Waals surface area contributed by atoms with Gasteiger partial charge in [-0.15, -0.1) is 23.2 Å². The van der Waals surface area contributed by atoms with E-state index in [2.05, 4.69) is 0 Å². The van der Waals surface area contributed by atoms with Gasteiger partial charge in [-0.05, 0) is 11.1 Å². The van der Waals surface area contributed by atoms with Crippen molar-refractivity contribution < 1.29 is 18.0 Å². The lowest BCUT2D eigenvalue weighted by Gasteiger charge is -2.10. The Morgan fingerprint density at radius 2 is 1.09 bits per heavy atom. The van der Waals surface area contributed by atoms with Crippen LogP contribution in [0.25, 0.3) is 0 Å². The van der Waals surface area contributed by atoms with Crippen molar-refractivity contribution in [1.29, 1.82) is 0 Å². The first-order valence-corrected chi connectivity index (χ1v) is 8.10. The molecule has 0 bridgehead atoms. The Kier molecular flexibility index (Phi) is 6.77. The molecule has 0 radical (unpaired) electrons. The Labute approximate surface area is 148 Å². The van der Waals surface area contributed by atoms with Crippen molar-refractivity contribution in [2.45, 2.75) is 10.8 Å². The Hall–Kier alpha value is -1.69. The molecule has 2 aromatic rings. The van der Waals surface area contributed by atoms with Gasteiger partial charge in [-0.1, -0.05) is 60.7 Å². The van der Waals surface area contributed by atoms with Crippen LogP contribution in [0.3, 0.4) is 0 Å². The normalized spacial score (nSPS) is 13.0. The molecule has 0 unspecified atom stereocenters. The molecule has 7 heteroatoms. The highest BCUT2D eigenvalue weighted by molar-refractivity contribution is 7.90. The van der Waals surface area contributed by atoms with Crippen LogP contribution in [0.5, 0.6) is 0 Å². The summed E-state index contributed by atoms with van der Waals surface area (Å²) in [6.07, 6.45) is 0. The lowest BCUT2D eigenvalue weighted by atomic mass is 10.1. The zero-order chi connectivity index (χ0) is 16.7. The number of hydrogen-bond donors (Lipinski definition) is 0. The number of halogens is 2. The maximum atomic E-state index is 11.8. The summed E-state index contributed by atoms with van der Waals surface area (Å²) in [5.41, 5.74) is 1.18. The minimum atomic E-state index is -0.983. The van der Waals surface area contributed by atoms with Gasteiger partial charge in [0.2, 0.25) is 0 Å². The molecule has 120 valence electrons. The third-order valence-electron chi connectivity index (χ3n) is 2.83. The highest BCUT2D eigenvalue weighted by Gasteiger charge is 2.23. The molecule has 4 nitrogen and oxygen atoms in total. The zero-order valence-corrected chi connectivity index (χ0v) is 14.1. The van der Waals surface area contributed by atoms with E-state index in [1.54, 1.807) is 60.7 Å². The van der Waals surface area contributed by atoms with E-state index in [0.29, 0.717) is 11.1 Å². The molecule has 2 rings (SSSR count). The van der Waals surface area contributed by atoms with E-state index >= 15 is 0 Å². The fourth-order valence-electron chi connectivity index (χ4n) is 1.68. The number of rotatable bonds is 6. The van der Waals surface area contributed by atoms with E-state index in [1.807, 2.05) is 0 Å². The number of alkyl halides is 2. The highest BCUT2D eigenvalue weighted by Crippen LogP contribution is 2.27.